The molecule has 2 aliphatic carbocycles. The van der Waals surface area contributed by atoms with Crippen LogP contribution in [-0.4, -0.2) is 43.4 Å². The number of nitrogens with zero attached hydrogens (tertiary/aromatic N) is 2. The molecule has 6 atom stereocenters. The number of phenolic OH excluding ortho intramolecular Hbond substituents is 1. The topological polar surface area (TPSA) is 95.0 Å². The number of halogens is 3. The van der Waals surface area contributed by atoms with Crippen molar-refractivity contribution in [3.63, 3.8) is 0 Å². The van der Waals surface area contributed by atoms with Gasteiger partial charge >= 0.3 is 0 Å². The molecular formula is C35H25Cl2FN2O5S. The number of imide groups is 2. The zero-order valence-electron chi connectivity index (χ0n) is 24.0. The van der Waals surface area contributed by atoms with Gasteiger partial charge < -0.3 is 5.11 Å². The van der Waals surface area contributed by atoms with Crippen molar-refractivity contribution in [3.05, 3.63) is 106 Å². The number of thiophene rings is 1. The third-order valence-corrected chi connectivity index (χ3v) is 12.4. The third-order valence-electron chi connectivity index (χ3n) is 10.1. The second-order valence-corrected chi connectivity index (χ2v) is 14.6. The van der Waals surface area contributed by atoms with Crippen LogP contribution in [-0.2, 0) is 25.7 Å². The van der Waals surface area contributed by atoms with Gasteiger partial charge in [-0.15, -0.1) is 34.5 Å². The minimum absolute atomic E-state index is 0.0210. The van der Waals surface area contributed by atoms with E-state index in [1.165, 1.54) is 34.4 Å². The van der Waals surface area contributed by atoms with E-state index in [0.717, 1.165) is 21.9 Å². The van der Waals surface area contributed by atoms with Gasteiger partial charge in [-0.05, 0) is 71.5 Å². The summed E-state index contributed by atoms with van der Waals surface area (Å²) in [6, 6.07) is 18.9. The molecule has 46 heavy (non-hydrogen) atoms. The summed E-state index contributed by atoms with van der Waals surface area (Å²) in [5.74, 6) is -5.84. The van der Waals surface area contributed by atoms with Crippen LogP contribution in [0.3, 0.4) is 0 Å². The Morgan fingerprint density at radius 2 is 1.61 bits per heavy atom. The van der Waals surface area contributed by atoms with E-state index in [-0.39, 0.29) is 42.6 Å². The van der Waals surface area contributed by atoms with Gasteiger partial charge in [0, 0.05) is 16.2 Å². The Bertz CT molecular complexity index is 2020. The predicted octanol–water partition coefficient (Wildman–Crippen LogP) is 6.51. The molecule has 3 aromatic carbocycles. The van der Waals surface area contributed by atoms with Crippen molar-refractivity contribution in [2.45, 2.75) is 35.1 Å². The normalized spacial score (nSPS) is 30.5. The van der Waals surface area contributed by atoms with Crippen LogP contribution in [0, 0.1) is 23.6 Å². The minimum Gasteiger partial charge on any atom is -0.507 e. The molecule has 3 fully saturated rings. The molecule has 3 heterocycles. The summed E-state index contributed by atoms with van der Waals surface area (Å²) in [6.45, 7) is 0.150. The number of carbonyl (C=O) groups is 4. The summed E-state index contributed by atoms with van der Waals surface area (Å²) in [5.41, 5.74) is 1.32. The standard InChI is InChI=1S/C35H25Cl2FN2O5S/c36-34-16-26-24(11-12-25-28(26)31(43)39(30(25)42)17-20-4-3-15-46-20)29(23-13-14-27(41)22-6-2-1-5-21(22)23)35(34,37)33(45)40(32(34)44)19-9-7-18(38)8-10-19/h1-11,13-15,25-26,28-29,41H,12,16-17H2. The molecule has 0 spiro atoms. The number of hydrogen-bond acceptors (Lipinski definition) is 6. The number of anilines is 1. The van der Waals surface area contributed by atoms with E-state index in [0.29, 0.717) is 21.9 Å². The molecule has 4 aromatic rings. The van der Waals surface area contributed by atoms with Crippen molar-refractivity contribution in [1.82, 2.24) is 4.90 Å². The maximum Gasteiger partial charge on any atom is 0.258 e. The summed E-state index contributed by atoms with van der Waals surface area (Å²) in [6.07, 6.45) is 1.98. The molecule has 2 aliphatic heterocycles. The highest BCUT2D eigenvalue weighted by Gasteiger charge is 2.76. The van der Waals surface area contributed by atoms with E-state index in [1.807, 2.05) is 23.6 Å². The maximum absolute atomic E-state index is 14.6. The van der Waals surface area contributed by atoms with E-state index >= 15 is 0 Å². The number of rotatable bonds is 4. The van der Waals surface area contributed by atoms with Crippen molar-refractivity contribution in [3.8, 4) is 5.75 Å². The smallest absolute Gasteiger partial charge is 0.258 e. The van der Waals surface area contributed by atoms with Crippen LogP contribution >= 0.6 is 34.5 Å². The Labute approximate surface area is 276 Å². The Balaban J connectivity index is 1.33. The van der Waals surface area contributed by atoms with Crippen molar-refractivity contribution < 1.29 is 28.7 Å². The van der Waals surface area contributed by atoms with E-state index < -0.39 is 51.1 Å². The van der Waals surface area contributed by atoms with Gasteiger partial charge in [-0.2, -0.15) is 0 Å². The van der Waals surface area contributed by atoms with Crippen LogP contribution in [0.5, 0.6) is 5.75 Å². The quantitative estimate of drug-likeness (QED) is 0.151. The number of phenols is 1. The van der Waals surface area contributed by atoms with Crippen LogP contribution < -0.4 is 4.90 Å². The summed E-state index contributed by atoms with van der Waals surface area (Å²) >= 11 is 16.4. The number of aromatic hydroxyl groups is 1. The van der Waals surface area contributed by atoms with Gasteiger partial charge in [-0.1, -0.05) is 48.0 Å². The molecule has 6 unspecified atom stereocenters. The van der Waals surface area contributed by atoms with Gasteiger partial charge in [0.25, 0.3) is 11.8 Å². The molecule has 11 heteroatoms. The number of likely N-dealkylation sites (tertiary alicyclic amines) is 1. The summed E-state index contributed by atoms with van der Waals surface area (Å²) in [7, 11) is 0. The second-order valence-electron chi connectivity index (χ2n) is 12.3. The Kier molecular flexibility index (Phi) is 6.53. The number of allylic oxidation sites excluding steroid dienone is 2. The SMILES string of the molecule is O=C1C2CC=C3C(CC4(Cl)C(=O)N(c5ccc(F)cc5)C(=O)C4(Cl)C3c3ccc(O)c4ccccc34)C2C(=O)N1Cc1cccs1. The summed E-state index contributed by atoms with van der Waals surface area (Å²) in [4.78, 5) is 55.8. The Morgan fingerprint density at radius 1 is 0.870 bits per heavy atom. The second kappa shape index (κ2) is 10.2. The fourth-order valence-corrected chi connectivity index (χ4v) is 9.70. The zero-order chi connectivity index (χ0) is 32.1. The lowest BCUT2D eigenvalue weighted by atomic mass is 9.56. The highest BCUT2D eigenvalue weighted by atomic mass is 35.5. The lowest BCUT2D eigenvalue weighted by Gasteiger charge is -2.51. The maximum atomic E-state index is 14.6. The first-order valence-electron chi connectivity index (χ1n) is 14.9. The average Bonchev–Trinajstić information content (AvgIpc) is 3.69. The number of carbonyl (C=O) groups excluding carboxylic acids is 4. The predicted molar refractivity (Wildman–Crippen MR) is 172 cm³/mol. The van der Waals surface area contributed by atoms with E-state index in [2.05, 4.69) is 0 Å². The number of hydrogen-bond donors (Lipinski definition) is 1. The number of fused-ring (bicyclic) bond motifs is 5. The van der Waals surface area contributed by atoms with Gasteiger partial charge in [0.15, 0.2) is 9.75 Å². The van der Waals surface area contributed by atoms with Gasteiger partial charge in [0.2, 0.25) is 11.8 Å². The molecule has 8 rings (SSSR count). The zero-order valence-corrected chi connectivity index (χ0v) is 26.4. The summed E-state index contributed by atoms with van der Waals surface area (Å²) < 4.78 is 13.9. The largest absolute Gasteiger partial charge is 0.507 e. The minimum atomic E-state index is -2.06. The molecule has 1 saturated carbocycles. The highest BCUT2D eigenvalue weighted by Crippen LogP contribution is 2.66. The Hall–Kier alpha value is -4.05. The molecular weight excluding hydrogens is 650 g/mol. The fraction of sp³-hybridized carbons (Fsp3) is 0.257. The number of alkyl halides is 2. The third kappa shape index (κ3) is 3.82. The van der Waals surface area contributed by atoms with E-state index in [1.54, 1.807) is 30.3 Å². The molecule has 0 radical (unpaired) electrons. The molecule has 232 valence electrons. The first-order chi connectivity index (χ1) is 22.1. The van der Waals surface area contributed by atoms with Crippen molar-refractivity contribution in [1.29, 1.82) is 0 Å². The molecule has 4 amide bonds. The number of benzene rings is 3. The fourth-order valence-electron chi connectivity index (χ4n) is 8.08. The van der Waals surface area contributed by atoms with Gasteiger partial charge in [-0.25, -0.2) is 9.29 Å². The van der Waals surface area contributed by atoms with Crippen LogP contribution in [0.4, 0.5) is 10.1 Å². The van der Waals surface area contributed by atoms with E-state index in [4.69, 9.17) is 23.2 Å². The molecule has 0 bridgehead atoms. The summed E-state index contributed by atoms with van der Waals surface area (Å²) in [5, 5.41) is 13.7. The molecule has 1 aromatic heterocycles. The monoisotopic (exact) mass is 674 g/mol. The highest BCUT2D eigenvalue weighted by molar-refractivity contribution is 7.09. The first kappa shape index (κ1) is 29.4. The van der Waals surface area contributed by atoms with Gasteiger partial charge in [-0.3, -0.25) is 24.1 Å². The van der Waals surface area contributed by atoms with Crippen LogP contribution in [0.2, 0.25) is 0 Å². The van der Waals surface area contributed by atoms with Crippen molar-refractivity contribution in [2.24, 2.45) is 17.8 Å². The van der Waals surface area contributed by atoms with Crippen molar-refractivity contribution >= 4 is 74.6 Å². The average molecular weight is 676 g/mol. The molecule has 4 aliphatic rings. The molecule has 1 N–H and O–H groups in total. The van der Waals surface area contributed by atoms with E-state index in [9.17, 15) is 28.7 Å². The Morgan fingerprint density at radius 3 is 2.33 bits per heavy atom. The molecule has 2 saturated heterocycles. The molecule has 7 nitrogen and oxygen atoms in total. The van der Waals surface area contributed by atoms with Gasteiger partial charge in [0.05, 0.1) is 24.1 Å². The lowest BCUT2D eigenvalue weighted by molar-refractivity contribution is -0.141. The van der Waals surface area contributed by atoms with Gasteiger partial charge in [0.1, 0.15) is 11.6 Å². The van der Waals surface area contributed by atoms with Crippen LogP contribution in [0.25, 0.3) is 10.8 Å². The van der Waals surface area contributed by atoms with Crippen molar-refractivity contribution in [2.75, 3.05) is 4.90 Å². The lowest BCUT2D eigenvalue weighted by Crippen LogP contribution is -2.60. The van der Waals surface area contributed by atoms with Crippen LogP contribution in [0.1, 0.15) is 29.2 Å². The first-order valence-corrected chi connectivity index (χ1v) is 16.5. The number of amides is 4. The van der Waals surface area contributed by atoms with Crippen LogP contribution in [0.15, 0.2) is 89.8 Å².